The zero-order valence-corrected chi connectivity index (χ0v) is 40.4. The molecule has 11 unspecified atom stereocenters. The van der Waals surface area contributed by atoms with Gasteiger partial charge in [0.15, 0.2) is 0 Å². The first-order valence-electron chi connectivity index (χ1n) is 25.5. The van der Waals surface area contributed by atoms with Gasteiger partial charge in [0.1, 0.15) is 55.4 Å². The lowest BCUT2D eigenvalue weighted by atomic mass is 9.82. The topological polar surface area (TPSA) is 65.3 Å². The quantitative estimate of drug-likeness (QED) is 0.199. The van der Waals surface area contributed by atoms with Crippen molar-refractivity contribution in [3.8, 4) is 17.2 Å². The van der Waals surface area contributed by atoms with E-state index in [1.54, 1.807) is 77.0 Å². The first-order valence-corrected chi connectivity index (χ1v) is 25.5. The molecule has 3 heterocycles. The van der Waals surface area contributed by atoms with E-state index in [0.29, 0.717) is 38.1 Å². The lowest BCUT2D eigenvalue weighted by Gasteiger charge is -2.23. The van der Waals surface area contributed by atoms with Crippen LogP contribution < -0.4 is 14.2 Å². The van der Waals surface area contributed by atoms with Crippen LogP contribution in [0.25, 0.3) is 0 Å². The minimum Gasteiger partial charge on any atom is -0.491 e. The third-order valence-electron chi connectivity index (χ3n) is 13.4. The van der Waals surface area contributed by atoms with Crippen LogP contribution in [0, 0.1) is 47.3 Å². The second-order valence-corrected chi connectivity index (χ2v) is 17.6. The summed E-state index contributed by atoms with van der Waals surface area (Å²) in [6, 6.07) is 29.4. The molecule has 6 heteroatoms. The molecule has 11 atom stereocenters. The highest BCUT2D eigenvalue weighted by atomic mass is 16.6. The molecule has 65 heavy (non-hydrogen) atoms. The molecule has 9 fully saturated rings. The van der Waals surface area contributed by atoms with E-state index in [1.807, 2.05) is 133 Å². The van der Waals surface area contributed by atoms with Crippen molar-refractivity contribution in [2.45, 2.75) is 179 Å². The summed E-state index contributed by atoms with van der Waals surface area (Å²) in [5, 5.41) is 0. The molecule has 3 aromatic carbocycles. The highest BCUT2D eigenvalue weighted by molar-refractivity contribution is 5.22. The molecule has 0 amide bonds. The Morgan fingerprint density at radius 3 is 0.800 bits per heavy atom. The van der Waals surface area contributed by atoms with Gasteiger partial charge in [0.2, 0.25) is 0 Å². The lowest BCUT2D eigenvalue weighted by Crippen LogP contribution is -2.15. The molecule has 6 nitrogen and oxygen atoms in total. The molecular weight excluding hydrogens is 805 g/mol. The Bertz CT molecular complexity index is 1300. The molecule has 4 bridgehead atoms. The predicted octanol–water partition coefficient (Wildman–Crippen LogP) is 16.5. The van der Waals surface area contributed by atoms with Crippen LogP contribution in [0.4, 0.5) is 0 Å². The largest absolute Gasteiger partial charge is 0.491 e. The highest BCUT2D eigenvalue weighted by Crippen LogP contribution is 2.59. The van der Waals surface area contributed by atoms with Gasteiger partial charge < -0.3 is 28.4 Å². The van der Waals surface area contributed by atoms with Crippen molar-refractivity contribution in [3.63, 3.8) is 0 Å². The summed E-state index contributed by atoms with van der Waals surface area (Å²) < 4.78 is 31.2. The van der Waals surface area contributed by atoms with Gasteiger partial charge in [-0.25, -0.2) is 0 Å². The summed E-state index contributed by atoms with van der Waals surface area (Å²) in [5.74, 6) is 12.4. The maximum atomic E-state index is 5.40. The summed E-state index contributed by atoms with van der Waals surface area (Å²) in [7, 11) is 0. The summed E-state index contributed by atoms with van der Waals surface area (Å²) >= 11 is 0. The first kappa shape index (κ1) is 60.0. The van der Waals surface area contributed by atoms with Crippen LogP contribution in [0.3, 0.4) is 0 Å². The van der Waals surface area contributed by atoms with Gasteiger partial charge in [-0.1, -0.05) is 152 Å². The zero-order valence-electron chi connectivity index (χ0n) is 40.4. The van der Waals surface area contributed by atoms with E-state index in [2.05, 4.69) is 13.8 Å². The van der Waals surface area contributed by atoms with E-state index >= 15 is 0 Å². The Balaban J connectivity index is 0.000000384. The van der Waals surface area contributed by atoms with E-state index in [4.69, 9.17) is 28.4 Å². The van der Waals surface area contributed by atoms with Crippen molar-refractivity contribution in [2.24, 2.45) is 47.3 Å². The van der Waals surface area contributed by atoms with Crippen LogP contribution in [0.1, 0.15) is 161 Å². The molecule has 9 aliphatic rings. The summed E-state index contributed by atoms with van der Waals surface area (Å²) in [5.41, 5.74) is 0. The lowest BCUT2D eigenvalue weighted by molar-refractivity contribution is 0.259. The summed E-state index contributed by atoms with van der Waals surface area (Å²) in [4.78, 5) is 0. The van der Waals surface area contributed by atoms with Crippen molar-refractivity contribution in [3.05, 3.63) is 91.0 Å². The molecule has 0 N–H and O–H groups in total. The minimum absolute atomic E-state index is 0. The molecule has 372 valence electrons. The fraction of sp³-hybridized carbons (Fsp3) is 0.695. The van der Waals surface area contributed by atoms with E-state index in [9.17, 15) is 0 Å². The minimum atomic E-state index is 0. The number of ether oxygens (including phenoxy) is 6. The molecule has 3 aromatic rings. The number of fused-ring (bicyclic) bond motifs is 10. The van der Waals surface area contributed by atoms with Crippen LogP contribution in [-0.2, 0) is 14.2 Å². The zero-order chi connectivity index (χ0) is 44.4. The second-order valence-electron chi connectivity index (χ2n) is 17.6. The Morgan fingerprint density at radius 1 is 0.385 bits per heavy atom. The molecule has 0 aromatic heterocycles. The number of epoxide rings is 3. The van der Waals surface area contributed by atoms with Crippen molar-refractivity contribution in [1.82, 2.24) is 0 Å². The normalized spacial score (nSPS) is 29.1. The third-order valence-corrected chi connectivity index (χ3v) is 13.4. The second kappa shape index (κ2) is 35.1. The molecule has 6 saturated carbocycles. The fourth-order valence-electron chi connectivity index (χ4n) is 10.6. The Hall–Kier alpha value is -3.06. The number of hydrogen-bond donors (Lipinski definition) is 0. The Kier molecular flexibility index (Phi) is 32.4. The average Bonchev–Trinajstić information content (AvgIpc) is 4.25. The highest BCUT2D eigenvalue weighted by Gasteiger charge is 2.49. The molecule has 0 spiro atoms. The van der Waals surface area contributed by atoms with Crippen LogP contribution in [0.5, 0.6) is 17.2 Å². The smallest absolute Gasteiger partial charge is 0.119 e. The SMILES string of the molecule is C.C.C.C1CC2C3CCC(C3)C2C1.C1CC2C3CCC(C3)C2C1.CC.CC.CC.CCC.c1ccc(OCC2CO2)cc1.c1ccc(OCC2CO2)cc1.c1ccc(OCC2CO2)cc1. The predicted molar refractivity (Wildman–Crippen MR) is 279 cm³/mol. The van der Waals surface area contributed by atoms with Crippen molar-refractivity contribution in [2.75, 3.05) is 39.6 Å². The average molecular weight is 905 g/mol. The van der Waals surface area contributed by atoms with Gasteiger partial charge in [-0.05, 0) is 148 Å². The van der Waals surface area contributed by atoms with Crippen molar-refractivity contribution < 1.29 is 28.4 Å². The molecule has 0 radical (unpaired) electrons. The number of hydrogen-bond acceptors (Lipinski definition) is 6. The monoisotopic (exact) mass is 905 g/mol. The molecule has 6 aliphatic carbocycles. The van der Waals surface area contributed by atoms with Gasteiger partial charge in [0, 0.05) is 0 Å². The standard InChI is InChI=1S/2C10H16.3C9H10O2.C3H8.3C2H6.3CH4/c2*1-2-9-7-4-5-8(6-7)10(9)3-1;3*1-2-4-8(5-3-1)10-6-9-7-11-9;1-3-2;3*1-2;;;/h2*7-10H,1-6H2;3*1-5,9H,6-7H2;3H2,1-2H3;3*1-2H3;3*1H4. The van der Waals surface area contributed by atoms with Gasteiger partial charge in [0.05, 0.1) is 19.8 Å². The fourth-order valence-corrected chi connectivity index (χ4v) is 10.6. The molecule has 12 rings (SSSR count). The van der Waals surface area contributed by atoms with Crippen molar-refractivity contribution >= 4 is 0 Å². The van der Waals surface area contributed by atoms with Crippen LogP contribution in [-0.4, -0.2) is 58.0 Å². The van der Waals surface area contributed by atoms with E-state index in [0.717, 1.165) is 37.1 Å². The van der Waals surface area contributed by atoms with Gasteiger partial charge in [-0.2, -0.15) is 0 Å². The van der Waals surface area contributed by atoms with Gasteiger partial charge in [-0.15, -0.1) is 0 Å². The van der Waals surface area contributed by atoms with Crippen LogP contribution in [0.15, 0.2) is 91.0 Å². The maximum absolute atomic E-state index is 5.40. The Labute approximate surface area is 401 Å². The number of para-hydroxylation sites is 3. The van der Waals surface area contributed by atoms with Crippen LogP contribution in [0.2, 0.25) is 0 Å². The Morgan fingerprint density at radius 2 is 0.600 bits per heavy atom. The number of rotatable bonds is 9. The molecular formula is C59H100O6. The maximum Gasteiger partial charge on any atom is 0.119 e. The molecule has 3 aliphatic heterocycles. The van der Waals surface area contributed by atoms with Crippen molar-refractivity contribution in [1.29, 1.82) is 0 Å². The summed E-state index contributed by atoms with van der Waals surface area (Å²) in [6.07, 6.45) is 21.3. The van der Waals surface area contributed by atoms with Gasteiger partial charge in [0.25, 0.3) is 0 Å². The van der Waals surface area contributed by atoms with Gasteiger partial charge in [-0.3, -0.25) is 0 Å². The third kappa shape index (κ3) is 21.6. The van der Waals surface area contributed by atoms with Gasteiger partial charge >= 0.3 is 0 Å². The van der Waals surface area contributed by atoms with Crippen LogP contribution >= 0.6 is 0 Å². The number of benzene rings is 3. The first-order chi connectivity index (χ1) is 30.7. The van der Waals surface area contributed by atoms with E-state index in [-0.39, 0.29) is 22.3 Å². The van der Waals surface area contributed by atoms with E-state index < -0.39 is 0 Å². The molecule has 3 saturated heterocycles. The van der Waals surface area contributed by atoms with E-state index in [1.165, 1.54) is 53.8 Å². The summed E-state index contributed by atoms with van der Waals surface area (Å²) in [6.45, 7) is 20.9.